The lowest BCUT2D eigenvalue weighted by molar-refractivity contribution is 0.320. The number of nitrogens with zero attached hydrogens (tertiary/aromatic N) is 1. The smallest absolute Gasteiger partial charge is 0.178 e. The largest absolute Gasteiger partial charge is 0.491 e. The van der Waals surface area contributed by atoms with Gasteiger partial charge in [0.25, 0.3) is 0 Å². The number of nitrogens with one attached hydrogen (secondary N) is 1. The molecule has 0 unspecified atom stereocenters. The molecular formula is C14H20N2OS2. The van der Waals surface area contributed by atoms with E-state index in [0.29, 0.717) is 0 Å². The molecule has 0 saturated carbocycles. The Labute approximate surface area is 123 Å². The lowest BCUT2D eigenvalue weighted by Crippen LogP contribution is -1.99. The highest BCUT2D eigenvalue weighted by atomic mass is 32.2. The maximum Gasteiger partial charge on any atom is 0.178 e. The van der Waals surface area contributed by atoms with Gasteiger partial charge in [0.2, 0.25) is 0 Å². The molecule has 1 N–H and O–H groups in total. The van der Waals surface area contributed by atoms with E-state index in [0.717, 1.165) is 53.3 Å². The first-order chi connectivity index (χ1) is 9.27. The van der Waals surface area contributed by atoms with Gasteiger partial charge >= 0.3 is 0 Å². The van der Waals surface area contributed by atoms with Gasteiger partial charge in [0.15, 0.2) is 4.77 Å². The molecule has 3 nitrogen and oxygen atoms in total. The van der Waals surface area contributed by atoms with Crippen molar-refractivity contribution in [2.75, 3.05) is 18.6 Å². The molecule has 0 radical (unpaired) electrons. The molecule has 0 saturated heterocycles. The summed E-state index contributed by atoms with van der Waals surface area (Å²) in [6.45, 7) is 3.80. The summed E-state index contributed by atoms with van der Waals surface area (Å²) in [6, 6.07) is 6.12. The number of thioether (sulfide) groups is 1. The Morgan fingerprint density at radius 1 is 1.42 bits per heavy atom. The molecule has 0 amide bonds. The molecule has 5 heteroatoms. The van der Waals surface area contributed by atoms with Crippen LogP contribution in [-0.2, 0) is 6.54 Å². The minimum atomic E-state index is 0.734. The highest BCUT2D eigenvalue weighted by Gasteiger charge is 2.08. The molecule has 0 aliphatic heterocycles. The molecule has 0 aliphatic rings. The summed E-state index contributed by atoms with van der Waals surface area (Å²) < 4.78 is 8.71. The van der Waals surface area contributed by atoms with Gasteiger partial charge in [0, 0.05) is 6.54 Å². The van der Waals surface area contributed by atoms with E-state index in [2.05, 4.69) is 28.8 Å². The molecule has 2 aromatic rings. The van der Waals surface area contributed by atoms with Gasteiger partial charge in [-0.2, -0.15) is 11.8 Å². The second-order valence-corrected chi connectivity index (χ2v) is 5.80. The van der Waals surface area contributed by atoms with Gasteiger partial charge in [-0.15, -0.1) is 0 Å². The van der Waals surface area contributed by atoms with Crippen molar-refractivity contribution in [3.8, 4) is 5.75 Å². The lowest BCUT2D eigenvalue weighted by Gasteiger charge is -2.07. The fraction of sp³-hybridized carbons (Fsp3) is 0.500. The zero-order chi connectivity index (χ0) is 13.7. The minimum Gasteiger partial charge on any atom is -0.491 e. The van der Waals surface area contributed by atoms with Crippen LogP contribution in [0.3, 0.4) is 0 Å². The second-order valence-electron chi connectivity index (χ2n) is 4.43. The van der Waals surface area contributed by atoms with Crippen molar-refractivity contribution >= 4 is 35.0 Å². The van der Waals surface area contributed by atoms with Gasteiger partial charge in [-0.1, -0.05) is 13.0 Å². The number of rotatable bonds is 7. The van der Waals surface area contributed by atoms with E-state index in [9.17, 15) is 0 Å². The summed E-state index contributed by atoms with van der Waals surface area (Å²) in [7, 11) is 0. The maximum absolute atomic E-state index is 5.77. The van der Waals surface area contributed by atoms with E-state index < -0.39 is 0 Å². The first kappa shape index (κ1) is 14.5. The monoisotopic (exact) mass is 296 g/mol. The van der Waals surface area contributed by atoms with Crippen LogP contribution in [-0.4, -0.2) is 28.2 Å². The van der Waals surface area contributed by atoms with Gasteiger partial charge in [-0.25, -0.2) is 0 Å². The zero-order valence-electron chi connectivity index (χ0n) is 11.4. The van der Waals surface area contributed by atoms with Crippen molar-refractivity contribution in [2.24, 2.45) is 0 Å². The van der Waals surface area contributed by atoms with E-state index in [1.54, 1.807) is 0 Å². The van der Waals surface area contributed by atoms with E-state index >= 15 is 0 Å². The molecule has 0 spiro atoms. The third kappa shape index (κ3) is 3.34. The number of aromatic nitrogens is 2. The molecule has 1 aromatic heterocycles. The molecule has 1 heterocycles. The molecule has 0 bridgehead atoms. The Morgan fingerprint density at radius 3 is 3.00 bits per heavy atom. The molecule has 0 atom stereocenters. The second kappa shape index (κ2) is 7.01. The summed E-state index contributed by atoms with van der Waals surface area (Å²) in [6.07, 6.45) is 4.26. The van der Waals surface area contributed by atoms with Gasteiger partial charge in [-0.05, 0) is 49.2 Å². The Balaban J connectivity index is 2.32. The van der Waals surface area contributed by atoms with Crippen molar-refractivity contribution in [1.82, 2.24) is 9.55 Å². The number of imidazole rings is 1. The predicted molar refractivity (Wildman–Crippen MR) is 85.9 cm³/mol. The van der Waals surface area contributed by atoms with Crippen molar-refractivity contribution in [3.05, 3.63) is 23.0 Å². The first-order valence-electron chi connectivity index (χ1n) is 6.61. The fourth-order valence-electron chi connectivity index (χ4n) is 2.08. The Hall–Kier alpha value is -0.940. The van der Waals surface area contributed by atoms with Crippen LogP contribution in [0.25, 0.3) is 11.0 Å². The van der Waals surface area contributed by atoms with Crippen LogP contribution < -0.4 is 4.74 Å². The van der Waals surface area contributed by atoms with Crippen LogP contribution in [0.2, 0.25) is 0 Å². The number of benzene rings is 1. The van der Waals surface area contributed by atoms with Gasteiger partial charge in [0.05, 0.1) is 12.1 Å². The van der Waals surface area contributed by atoms with E-state index in [-0.39, 0.29) is 0 Å². The number of hydrogen-bond donors (Lipinski definition) is 1. The van der Waals surface area contributed by atoms with Crippen molar-refractivity contribution in [2.45, 2.75) is 26.3 Å². The quantitative estimate of drug-likeness (QED) is 0.612. The first-order valence-corrected chi connectivity index (χ1v) is 8.41. The Morgan fingerprint density at radius 2 is 2.26 bits per heavy atom. The van der Waals surface area contributed by atoms with E-state index in [4.69, 9.17) is 17.0 Å². The molecule has 19 heavy (non-hydrogen) atoms. The summed E-state index contributed by atoms with van der Waals surface area (Å²) in [5.74, 6) is 2.05. The number of hydrogen-bond acceptors (Lipinski definition) is 3. The van der Waals surface area contributed by atoms with E-state index in [1.807, 2.05) is 23.9 Å². The fourth-order valence-corrected chi connectivity index (χ4v) is 2.78. The molecule has 2 rings (SSSR count). The highest BCUT2D eigenvalue weighted by molar-refractivity contribution is 7.98. The van der Waals surface area contributed by atoms with Crippen LogP contribution in [0.15, 0.2) is 18.2 Å². The van der Waals surface area contributed by atoms with Crippen LogP contribution in [0.5, 0.6) is 5.75 Å². The number of H-pyrrole nitrogens is 1. The average Bonchev–Trinajstić information content (AvgIpc) is 2.74. The molecule has 0 aliphatic carbocycles. The van der Waals surface area contributed by atoms with Crippen LogP contribution >= 0.6 is 24.0 Å². The standard InChI is InChI=1S/C14H20N2OS2/c1-3-9-17-12-7-4-6-11-13(12)15-14(18)16(11)8-5-10-19-2/h4,6-7H,3,5,8-10H2,1-2H3,(H,15,18). The van der Waals surface area contributed by atoms with Crippen molar-refractivity contribution in [1.29, 1.82) is 0 Å². The van der Waals surface area contributed by atoms with Gasteiger partial charge < -0.3 is 14.3 Å². The number of para-hydroxylation sites is 1. The third-order valence-corrected chi connectivity index (χ3v) is 3.98. The average molecular weight is 296 g/mol. The third-order valence-electron chi connectivity index (χ3n) is 2.96. The van der Waals surface area contributed by atoms with Crippen LogP contribution in [0.1, 0.15) is 19.8 Å². The van der Waals surface area contributed by atoms with E-state index in [1.165, 1.54) is 0 Å². The number of ether oxygens (including phenoxy) is 1. The molecule has 1 aromatic carbocycles. The Kier molecular flexibility index (Phi) is 5.34. The summed E-state index contributed by atoms with van der Waals surface area (Å²) in [4.78, 5) is 3.28. The Bertz CT molecular complexity index is 589. The van der Waals surface area contributed by atoms with Gasteiger partial charge in [-0.3, -0.25) is 0 Å². The SMILES string of the molecule is CCCOc1cccc2c1[nH]c(=S)n2CCCSC. The van der Waals surface area contributed by atoms with Crippen LogP contribution in [0.4, 0.5) is 0 Å². The van der Waals surface area contributed by atoms with Crippen LogP contribution in [0, 0.1) is 4.77 Å². The molecule has 104 valence electrons. The zero-order valence-corrected chi connectivity index (χ0v) is 13.1. The van der Waals surface area contributed by atoms with Gasteiger partial charge in [0.1, 0.15) is 11.3 Å². The summed E-state index contributed by atoms with van der Waals surface area (Å²) in [5, 5.41) is 0. The number of aromatic amines is 1. The number of fused-ring (bicyclic) bond motifs is 1. The van der Waals surface area contributed by atoms with Crippen molar-refractivity contribution < 1.29 is 4.74 Å². The normalized spacial score (nSPS) is 11.1. The minimum absolute atomic E-state index is 0.734. The molecular weight excluding hydrogens is 276 g/mol. The summed E-state index contributed by atoms with van der Waals surface area (Å²) in [5.41, 5.74) is 2.16. The highest BCUT2D eigenvalue weighted by Crippen LogP contribution is 2.25. The summed E-state index contributed by atoms with van der Waals surface area (Å²) >= 11 is 7.29. The van der Waals surface area contributed by atoms with Crippen molar-refractivity contribution in [3.63, 3.8) is 0 Å². The maximum atomic E-state index is 5.77. The topological polar surface area (TPSA) is 29.9 Å². The lowest BCUT2D eigenvalue weighted by atomic mass is 10.3. The predicted octanol–water partition coefficient (Wildman–Crippen LogP) is 4.24. The molecule has 0 fully saturated rings. The number of aryl methyl sites for hydroxylation is 1.